The quantitative estimate of drug-likeness (QED) is 0.554. The molecule has 6 heteroatoms. The van der Waals surface area contributed by atoms with E-state index in [0.717, 1.165) is 32.3 Å². The molecule has 1 aliphatic heterocycles. The number of benzene rings is 1. The number of ether oxygens (including phenoxy) is 3. The molecule has 0 spiro atoms. The summed E-state index contributed by atoms with van der Waals surface area (Å²) in [6.07, 6.45) is 4.16. The molecule has 0 saturated carbocycles. The largest absolute Gasteiger partial charge is 0.491 e. The second-order valence-corrected chi connectivity index (χ2v) is 5.75. The van der Waals surface area contributed by atoms with Crippen molar-refractivity contribution in [2.75, 3.05) is 26.4 Å². The van der Waals surface area contributed by atoms with Crippen molar-refractivity contribution in [1.82, 2.24) is 5.32 Å². The Hall–Kier alpha value is -2.08. The van der Waals surface area contributed by atoms with Gasteiger partial charge in [0.25, 0.3) is 5.91 Å². The number of rotatable bonds is 9. The molecule has 1 aliphatic rings. The number of hydrogen-bond acceptors (Lipinski definition) is 5. The second-order valence-electron chi connectivity index (χ2n) is 5.75. The molecule has 0 radical (unpaired) electrons. The smallest absolute Gasteiger partial charge is 0.338 e. The van der Waals surface area contributed by atoms with Crippen molar-refractivity contribution < 1.29 is 23.8 Å². The van der Waals surface area contributed by atoms with Crippen LogP contribution in [0.3, 0.4) is 0 Å². The Morgan fingerprint density at radius 2 is 2.08 bits per heavy atom. The minimum atomic E-state index is -0.522. The highest BCUT2D eigenvalue weighted by Crippen LogP contribution is 2.17. The van der Waals surface area contributed by atoms with Gasteiger partial charge < -0.3 is 19.5 Å². The molecular formula is C18H25NO5. The van der Waals surface area contributed by atoms with Crippen molar-refractivity contribution in [2.45, 2.75) is 38.7 Å². The van der Waals surface area contributed by atoms with Crippen LogP contribution >= 0.6 is 0 Å². The summed E-state index contributed by atoms with van der Waals surface area (Å²) in [5.74, 6) is -0.126. The van der Waals surface area contributed by atoms with Crippen molar-refractivity contribution >= 4 is 11.9 Å². The molecule has 1 aromatic carbocycles. The van der Waals surface area contributed by atoms with Gasteiger partial charge in [0.1, 0.15) is 12.4 Å². The fraction of sp³-hybridized carbons (Fsp3) is 0.556. The van der Waals surface area contributed by atoms with Crippen molar-refractivity contribution in [3.63, 3.8) is 0 Å². The average molecular weight is 335 g/mol. The number of hydrogen-bond donors (Lipinski definition) is 1. The normalized spacial score (nSPS) is 16.6. The Kier molecular flexibility index (Phi) is 7.55. The van der Waals surface area contributed by atoms with E-state index in [4.69, 9.17) is 14.2 Å². The van der Waals surface area contributed by atoms with E-state index in [1.165, 1.54) is 0 Å². The van der Waals surface area contributed by atoms with Gasteiger partial charge in [-0.05, 0) is 43.5 Å². The molecule has 24 heavy (non-hydrogen) atoms. The highest BCUT2D eigenvalue weighted by molar-refractivity contribution is 5.91. The number of esters is 1. The predicted molar refractivity (Wildman–Crippen MR) is 89.1 cm³/mol. The third-order valence-corrected chi connectivity index (χ3v) is 3.74. The van der Waals surface area contributed by atoms with Gasteiger partial charge in [0.05, 0.1) is 11.7 Å². The molecule has 1 N–H and O–H groups in total. The number of carbonyl (C=O) groups excluding carboxylic acids is 2. The predicted octanol–water partition coefficient (Wildman–Crippen LogP) is 2.32. The van der Waals surface area contributed by atoms with Gasteiger partial charge in [0.2, 0.25) is 0 Å². The Balaban J connectivity index is 1.71. The molecule has 1 heterocycles. The maximum Gasteiger partial charge on any atom is 0.338 e. The number of unbranched alkanes of at least 4 members (excludes halogenated alkanes) is 1. The first-order chi connectivity index (χ1) is 11.7. The van der Waals surface area contributed by atoms with Gasteiger partial charge in [-0.25, -0.2) is 4.79 Å². The maximum atomic E-state index is 11.9. The van der Waals surface area contributed by atoms with Gasteiger partial charge in [-0.2, -0.15) is 0 Å². The van der Waals surface area contributed by atoms with E-state index in [-0.39, 0.29) is 18.6 Å². The molecule has 1 fully saturated rings. The fourth-order valence-electron chi connectivity index (χ4n) is 2.32. The molecule has 2 rings (SSSR count). The van der Waals surface area contributed by atoms with Crippen molar-refractivity contribution in [3.05, 3.63) is 29.8 Å². The first-order valence-corrected chi connectivity index (χ1v) is 8.47. The van der Waals surface area contributed by atoms with Gasteiger partial charge in [0, 0.05) is 13.2 Å². The number of nitrogens with one attached hydrogen (secondary N) is 1. The van der Waals surface area contributed by atoms with Crippen LogP contribution in [0.5, 0.6) is 5.75 Å². The van der Waals surface area contributed by atoms with Crippen molar-refractivity contribution in [2.24, 2.45) is 0 Å². The van der Waals surface area contributed by atoms with Crippen LogP contribution in [-0.2, 0) is 14.3 Å². The fourth-order valence-corrected chi connectivity index (χ4v) is 2.32. The first-order valence-electron chi connectivity index (χ1n) is 8.47. The van der Waals surface area contributed by atoms with Crippen LogP contribution in [0, 0.1) is 0 Å². The molecule has 1 aromatic rings. The van der Waals surface area contributed by atoms with Crippen molar-refractivity contribution in [3.8, 4) is 5.75 Å². The third kappa shape index (κ3) is 6.20. The summed E-state index contributed by atoms with van der Waals surface area (Å²) in [4.78, 5) is 23.4. The molecule has 0 aromatic heterocycles. The van der Waals surface area contributed by atoms with E-state index < -0.39 is 5.97 Å². The van der Waals surface area contributed by atoms with Gasteiger partial charge in [-0.15, -0.1) is 0 Å². The molecule has 1 amide bonds. The van der Waals surface area contributed by atoms with Crippen LogP contribution in [0.25, 0.3) is 0 Å². The lowest BCUT2D eigenvalue weighted by Gasteiger charge is -2.11. The lowest BCUT2D eigenvalue weighted by molar-refractivity contribution is -0.124. The summed E-state index contributed by atoms with van der Waals surface area (Å²) in [5, 5.41) is 2.69. The van der Waals surface area contributed by atoms with Crippen LogP contribution in [0.2, 0.25) is 0 Å². The van der Waals surface area contributed by atoms with E-state index in [1.807, 2.05) is 6.92 Å². The van der Waals surface area contributed by atoms with Gasteiger partial charge in [-0.1, -0.05) is 13.3 Å². The molecular weight excluding hydrogens is 310 g/mol. The summed E-state index contributed by atoms with van der Waals surface area (Å²) in [5.41, 5.74) is 0.390. The Bertz CT molecular complexity index is 523. The van der Waals surface area contributed by atoms with E-state index in [1.54, 1.807) is 24.3 Å². The van der Waals surface area contributed by atoms with Crippen LogP contribution in [0.15, 0.2) is 24.3 Å². The zero-order valence-corrected chi connectivity index (χ0v) is 14.1. The summed E-state index contributed by atoms with van der Waals surface area (Å²) in [6.45, 7) is 3.69. The lowest BCUT2D eigenvalue weighted by Crippen LogP contribution is -2.29. The molecule has 1 atom stereocenters. The summed E-state index contributed by atoms with van der Waals surface area (Å²) in [7, 11) is 0. The highest BCUT2D eigenvalue weighted by atomic mass is 16.5. The molecule has 0 unspecified atom stereocenters. The summed E-state index contributed by atoms with van der Waals surface area (Å²) < 4.78 is 16.1. The minimum absolute atomic E-state index is 0.154. The van der Waals surface area contributed by atoms with Crippen LogP contribution in [0.1, 0.15) is 43.0 Å². The summed E-state index contributed by atoms with van der Waals surface area (Å²) in [6, 6.07) is 6.68. The number of carbonyl (C=O) groups is 2. The van der Waals surface area contributed by atoms with E-state index in [9.17, 15) is 9.59 Å². The van der Waals surface area contributed by atoms with E-state index >= 15 is 0 Å². The lowest BCUT2D eigenvalue weighted by atomic mass is 10.2. The topological polar surface area (TPSA) is 73.9 Å². The Morgan fingerprint density at radius 1 is 1.29 bits per heavy atom. The molecule has 1 saturated heterocycles. The van der Waals surface area contributed by atoms with Gasteiger partial charge in [0.15, 0.2) is 6.61 Å². The zero-order valence-electron chi connectivity index (χ0n) is 14.1. The molecule has 132 valence electrons. The third-order valence-electron chi connectivity index (χ3n) is 3.74. The van der Waals surface area contributed by atoms with Crippen LogP contribution in [-0.4, -0.2) is 44.3 Å². The van der Waals surface area contributed by atoms with Gasteiger partial charge >= 0.3 is 5.97 Å². The van der Waals surface area contributed by atoms with E-state index in [0.29, 0.717) is 24.5 Å². The van der Waals surface area contributed by atoms with E-state index in [2.05, 4.69) is 5.32 Å². The van der Waals surface area contributed by atoms with Crippen LogP contribution in [0.4, 0.5) is 0 Å². The van der Waals surface area contributed by atoms with Crippen molar-refractivity contribution in [1.29, 1.82) is 0 Å². The summed E-state index contributed by atoms with van der Waals surface area (Å²) >= 11 is 0. The van der Waals surface area contributed by atoms with Gasteiger partial charge in [-0.3, -0.25) is 4.79 Å². The first kappa shape index (κ1) is 18.3. The Morgan fingerprint density at radius 3 is 2.75 bits per heavy atom. The highest BCUT2D eigenvalue weighted by Gasteiger charge is 2.16. The average Bonchev–Trinajstić information content (AvgIpc) is 3.12. The van der Waals surface area contributed by atoms with Crippen LogP contribution < -0.4 is 10.1 Å². The maximum absolute atomic E-state index is 11.9. The number of amides is 1. The zero-order chi connectivity index (χ0) is 17.2. The Labute approximate surface area is 142 Å². The molecule has 6 nitrogen and oxygen atoms in total. The molecule has 0 bridgehead atoms. The monoisotopic (exact) mass is 335 g/mol. The SMILES string of the molecule is CCCCNC(=O)COC(=O)c1ccc(OC[C@H]2CCCO2)cc1. The molecule has 0 aliphatic carbocycles. The minimum Gasteiger partial charge on any atom is -0.491 e. The second kappa shape index (κ2) is 9.93. The standard InChI is InChI=1S/C18H25NO5/c1-2-3-10-19-17(20)13-24-18(21)14-6-8-15(9-7-14)23-12-16-5-4-11-22-16/h6-9,16H,2-5,10-13H2,1H3,(H,19,20)/t16-/m1/s1.